The van der Waals surface area contributed by atoms with Gasteiger partial charge in [-0.15, -0.1) is 0 Å². The molecule has 204 valence electrons. The van der Waals surface area contributed by atoms with Crippen LogP contribution in [0, 0.1) is 6.92 Å². The lowest BCUT2D eigenvalue weighted by atomic mass is 10.00. The van der Waals surface area contributed by atoms with Crippen molar-refractivity contribution in [3.63, 3.8) is 0 Å². The summed E-state index contributed by atoms with van der Waals surface area (Å²) in [7, 11) is -1.75. The minimum absolute atomic E-state index is 0.299. The number of hydrogen-bond acceptors (Lipinski definition) is 7. The van der Waals surface area contributed by atoms with E-state index in [1.807, 2.05) is 37.3 Å². The number of sulfonamides is 1. The Morgan fingerprint density at radius 1 is 1.08 bits per heavy atom. The van der Waals surface area contributed by atoms with Crippen LogP contribution in [-0.4, -0.2) is 74.9 Å². The molecular weight excluding hydrogens is 500 g/mol. The third-order valence-corrected chi connectivity index (χ3v) is 7.36. The number of methoxy groups -OCH3 is 1. The smallest absolute Gasteiger partial charge is 0.414 e. The molecule has 2 aromatic rings. The normalized spacial score (nSPS) is 14.6. The molecule has 3 N–H and O–H groups in total. The second kappa shape index (κ2) is 14.6. The number of carboxylic acid groups (broad SMARTS) is 2. The summed E-state index contributed by atoms with van der Waals surface area (Å²) in [6.07, 6.45) is 3.68. The number of hydrogen-bond donors (Lipinski definition) is 3. The molecule has 0 radical (unpaired) electrons. The number of ether oxygens (including phenoxy) is 2. The molecule has 10 nitrogen and oxygen atoms in total. The molecule has 11 heteroatoms. The van der Waals surface area contributed by atoms with E-state index in [1.165, 1.54) is 0 Å². The lowest BCUT2D eigenvalue weighted by Crippen LogP contribution is -2.44. The summed E-state index contributed by atoms with van der Waals surface area (Å²) in [4.78, 5) is 21.0. The molecule has 1 heterocycles. The molecule has 0 amide bonds. The molecule has 0 spiro atoms. The minimum atomic E-state index is -3.45. The first-order chi connectivity index (χ1) is 17.6. The average molecular weight is 537 g/mol. The monoisotopic (exact) mass is 536 g/mol. The Hall–Kier alpha value is -3.15. The van der Waals surface area contributed by atoms with Crippen molar-refractivity contribution in [1.82, 2.24) is 9.62 Å². The van der Waals surface area contributed by atoms with Crippen molar-refractivity contribution in [2.24, 2.45) is 0 Å². The van der Waals surface area contributed by atoms with Gasteiger partial charge in [0.05, 0.1) is 12.0 Å². The van der Waals surface area contributed by atoms with Crippen LogP contribution in [0.5, 0.6) is 11.5 Å². The van der Waals surface area contributed by atoms with E-state index < -0.39 is 22.0 Å². The van der Waals surface area contributed by atoms with Gasteiger partial charge in [0.2, 0.25) is 10.0 Å². The zero-order valence-corrected chi connectivity index (χ0v) is 22.3. The SMILES string of the molecule is CCCN(CCCCNS(=O)(=O)c1ccc(C)cc1)C1COc2cccc(OC)c2C1.O=C(O)C(=O)O. The summed E-state index contributed by atoms with van der Waals surface area (Å²) in [5.41, 5.74) is 2.18. The molecule has 0 fully saturated rings. The van der Waals surface area contributed by atoms with Crippen LogP contribution in [-0.2, 0) is 26.0 Å². The molecule has 3 rings (SSSR count). The van der Waals surface area contributed by atoms with Crippen LogP contribution in [0.15, 0.2) is 47.4 Å². The van der Waals surface area contributed by atoms with Crippen LogP contribution in [0.3, 0.4) is 0 Å². The third kappa shape index (κ3) is 9.34. The summed E-state index contributed by atoms with van der Waals surface area (Å²) in [6.45, 7) is 7.14. The Morgan fingerprint density at radius 3 is 2.35 bits per heavy atom. The summed E-state index contributed by atoms with van der Waals surface area (Å²) < 4.78 is 39.1. The van der Waals surface area contributed by atoms with E-state index in [2.05, 4.69) is 16.5 Å². The summed E-state index contributed by atoms with van der Waals surface area (Å²) in [6, 6.07) is 13.2. The second-order valence-corrected chi connectivity index (χ2v) is 10.4. The van der Waals surface area contributed by atoms with Crippen molar-refractivity contribution >= 4 is 22.0 Å². The number of unbranched alkanes of at least 4 members (excludes halogenated alkanes) is 1. The molecule has 1 aliphatic heterocycles. The van der Waals surface area contributed by atoms with Crippen molar-refractivity contribution in [3.05, 3.63) is 53.6 Å². The number of nitrogens with one attached hydrogen (secondary N) is 1. The van der Waals surface area contributed by atoms with Gasteiger partial charge in [-0.3, -0.25) is 4.90 Å². The number of benzene rings is 2. The summed E-state index contributed by atoms with van der Waals surface area (Å²) in [5.74, 6) is -1.85. The Morgan fingerprint density at radius 2 is 1.76 bits per heavy atom. The highest BCUT2D eigenvalue weighted by Crippen LogP contribution is 2.34. The van der Waals surface area contributed by atoms with Crippen molar-refractivity contribution in [1.29, 1.82) is 0 Å². The zero-order valence-electron chi connectivity index (χ0n) is 21.5. The molecule has 1 aliphatic rings. The van der Waals surface area contributed by atoms with Gasteiger partial charge in [-0.05, 0) is 70.0 Å². The maximum Gasteiger partial charge on any atom is 0.414 e. The van der Waals surface area contributed by atoms with Crippen LogP contribution in [0.25, 0.3) is 0 Å². The Labute approximate surface area is 218 Å². The van der Waals surface area contributed by atoms with Crippen LogP contribution in [0.4, 0.5) is 0 Å². The quantitative estimate of drug-likeness (QED) is 0.292. The maximum absolute atomic E-state index is 12.4. The fourth-order valence-electron chi connectivity index (χ4n) is 4.00. The van der Waals surface area contributed by atoms with E-state index in [-0.39, 0.29) is 0 Å². The predicted molar refractivity (Wildman–Crippen MR) is 139 cm³/mol. The fourth-order valence-corrected chi connectivity index (χ4v) is 5.07. The first-order valence-corrected chi connectivity index (χ1v) is 13.6. The van der Waals surface area contributed by atoms with Crippen LogP contribution >= 0.6 is 0 Å². The Bertz CT molecular complexity index is 1110. The largest absolute Gasteiger partial charge is 0.496 e. The van der Waals surface area contributed by atoms with E-state index in [0.29, 0.717) is 24.1 Å². The van der Waals surface area contributed by atoms with Gasteiger partial charge in [0.25, 0.3) is 0 Å². The van der Waals surface area contributed by atoms with Gasteiger partial charge >= 0.3 is 11.9 Å². The Kier molecular flexibility index (Phi) is 11.8. The van der Waals surface area contributed by atoms with Crippen LogP contribution in [0.2, 0.25) is 0 Å². The van der Waals surface area contributed by atoms with Gasteiger partial charge in [-0.2, -0.15) is 0 Å². The lowest BCUT2D eigenvalue weighted by molar-refractivity contribution is -0.159. The highest BCUT2D eigenvalue weighted by atomic mass is 32.2. The van der Waals surface area contributed by atoms with Gasteiger partial charge in [0, 0.05) is 18.2 Å². The molecule has 1 atom stereocenters. The van der Waals surface area contributed by atoms with Gasteiger partial charge in [0.15, 0.2) is 0 Å². The number of rotatable bonds is 11. The number of aliphatic carboxylic acids is 2. The second-order valence-electron chi connectivity index (χ2n) is 8.67. The van der Waals surface area contributed by atoms with E-state index in [1.54, 1.807) is 19.2 Å². The van der Waals surface area contributed by atoms with E-state index in [9.17, 15) is 8.42 Å². The molecule has 37 heavy (non-hydrogen) atoms. The molecule has 0 bridgehead atoms. The minimum Gasteiger partial charge on any atom is -0.496 e. The predicted octanol–water partition coefficient (Wildman–Crippen LogP) is 2.93. The lowest BCUT2D eigenvalue weighted by Gasteiger charge is -2.35. The highest BCUT2D eigenvalue weighted by Gasteiger charge is 2.27. The summed E-state index contributed by atoms with van der Waals surface area (Å²) in [5, 5.41) is 14.8. The maximum atomic E-state index is 12.4. The number of fused-ring (bicyclic) bond motifs is 1. The van der Waals surface area contributed by atoms with Gasteiger partial charge < -0.3 is 19.7 Å². The number of aryl methyl sites for hydroxylation is 1. The molecule has 2 aromatic carbocycles. The first-order valence-electron chi connectivity index (χ1n) is 12.1. The first kappa shape index (κ1) is 30.1. The zero-order chi connectivity index (χ0) is 27.4. The number of nitrogens with zero attached hydrogens (tertiary/aromatic N) is 1. The average Bonchev–Trinajstić information content (AvgIpc) is 2.87. The van der Waals surface area contributed by atoms with Gasteiger partial charge in [-0.1, -0.05) is 30.7 Å². The van der Waals surface area contributed by atoms with Crippen molar-refractivity contribution in [2.45, 2.75) is 50.5 Å². The molecule has 0 aliphatic carbocycles. The van der Waals surface area contributed by atoms with Crippen LogP contribution < -0.4 is 14.2 Å². The number of carboxylic acids is 2. The topological polar surface area (TPSA) is 142 Å². The number of carbonyl (C=O) groups is 2. The third-order valence-electron chi connectivity index (χ3n) is 5.89. The summed E-state index contributed by atoms with van der Waals surface area (Å²) >= 11 is 0. The van der Waals surface area contributed by atoms with E-state index in [0.717, 1.165) is 61.4 Å². The standard InChI is InChI=1S/C24H34N2O4S.C2H2O4/c1-4-15-26(20-17-22-23(29-3)8-7-9-24(22)30-18-20)16-6-5-14-25-31(27,28)21-12-10-19(2)11-13-21;3-1(4)2(5)6/h7-13,20,25H,4-6,14-18H2,1-3H3;(H,3,4)(H,5,6). The van der Waals surface area contributed by atoms with Gasteiger partial charge in [0.1, 0.15) is 18.1 Å². The molecular formula is C26H36N2O8S. The molecule has 0 saturated carbocycles. The molecule has 0 aromatic heterocycles. The van der Waals surface area contributed by atoms with E-state index in [4.69, 9.17) is 29.3 Å². The highest BCUT2D eigenvalue weighted by molar-refractivity contribution is 7.89. The van der Waals surface area contributed by atoms with E-state index >= 15 is 0 Å². The van der Waals surface area contributed by atoms with Crippen molar-refractivity contribution in [2.75, 3.05) is 33.4 Å². The van der Waals surface area contributed by atoms with Crippen molar-refractivity contribution < 1.29 is 37.7 Å². The molecule has 1 unspecified atom stereocenters. The van der Waals surface area contributed by atoms with Crippen LogP contribution in [0.1, 0.15) is 37.3 Å². The van der Waals surface area contributed by atoms with Gasteiger partial charge in [-0.25, -0.2) is 22.7 Å². The fraction of sp³-hybridized carbons (Fsp3) is 0.462. The Balaban J connectivity index is 0.000000717. The van der Waals surface area contributed by atoms with Crippen molar-refractivity contribution in [3.8, 4) is 11.5 Å². The molecule has 0 saturated heterocycles.